The van der Waals surface area contributed by atoms with Crippen molar-refractivity contribution >= 4 is 12.3 Å². The summed E-state index contributed by atoms with van der Waals surface area (Å²) < 4.78 is 36.8. The first-order valence-corrected chi connectivity index (χ1v) is 17.7. The van der Waals surface area contributed by atoms with E-state index >= 15 is 0 Å². The number of methoxy groups -OCH3 is 1. The van der Waals surface area contributed by atoms with Crippen molar-refractivity contribution in [3.63, 3.8) is 0 Å². The fourth-order valence-corrected chi connectivity index (χ4v) is 7.35. The van der Waals surface area contributed by atoms with E-state index in [1.165, 1.54) is 7.11 Å². The predicted octanol–water partition coefficient (Wildman–Crippen LogP) is 2.05. The normalized spacial score (nSPS) is 43.2. The fourth-order valence-electron chi connectivity index (χ4n) is 7.35. The van der Waals surface area contributed by atoms with Crippen LogP contribution >= 0.6 is 0 Å². The highest BCUT2D eigenvalue weighted by atomic mass is 16.7. The van der Waals surface area contributed by atoms with Gasteiger partial charge in [0.25, 0.3) is 0 Å². The number of hydrogen-bond donors (Lipinski definition) is 3. The number of rotatable bonds is 9. The molecule has 49 heavy (non-hydrogen) atoms. The van der Waals surface area contributed by atoms with Gasteiger partial charge < -0.3 is 58.3 Å². The Morgan fingerprint density at radius 1 is 0.918 bits per heavy atom. The summed E-state index contributed by atoms with van der Waals surface area (Å²) in [6.45, 7) is 7.53. The van der Waals surface area contributed by atoms with Crippen LogP contribution in [0.15, 0.2) is 24.3 Å². The van der Waals surface area contributed by atoms with Gasteiger partial charge in [0.2, 0.25) is 0 Å². The number of aliphatic hydroxyl groups excluding tert-OH is 3. The molecule has 0 aromatic rings. The van der Waals surface area contributed by atoms with Gasteiger partial charge >= 0.3 is 5.97 Å². The van der Waals surface area contributed by atoms with E-state index in [9.17, 15) is 24.9 Å². The molecule has 0 saturated carbocycles. The molecule has 0 aromatic heterocycles. The van der Waals surface area contributed by atoms with Crippen LogP contribution in [-0.2, 0) is 38.0 Å². The smallest absolute Gasteiger partial charge is 0.308 e. The summed E-state index contributed by atoms with van der Waals surface area (Å²) in [5.41, 5.74) is 0. The Morgan fingerprint density at radius 3 is 2.24 bits per heavy atom. The van der Waals surface area contributed by atoms with Crippen LogP contribution in [0, 0.1) is 11.8 Å². The Bertz CT molecular complexity index is 1070. The zero-order valence-electron chi connectivity index (χ0n) is 30.8. The Morgan fingerprint density at radius 2 is 1.63 bits per heavy atom. The van der Waals surface area contributed by atoms with Gasteiger partial charge in [-0.2, -0.15) is 0 Å². The van der Waals surface area contributed by atoms with Gasteiger partial charge in [0.15, 0.2) is 12.6 Å². The summed E-state index contributed by atoms with van der Waals surface area (Å²) in [6, 6.07) is -0.434. The molecule has 3 aliphatic rings. The number of ether oxygens (including phenoxy) is 6. The van der Waals surface area contributed by atoms with Crippen molar-refractivity contribution < 1.29 is 53.3 Å². The second kappa shape index (κ2) is 19.7. The molecule has 0 radical (unpaired) electrons. The quantitative estimate of drug-likeness (QED) is 0.238. The molecule has 3 aliphatic heterocycles. The Hall–Kier alpha value is -1.78. The number of carbonyl (C=O) groups is 2. The second-order valence-electron chi connectivity index (χ2n) is 14.4. The lowest BCUT2D eigenvalue weighted by Crippen LogP contribution is -2.63. The van der Waals surface area contributed by atoms with Crippen molar-refractivity contribution in [3.05, 3.63) is 24.3 Å². The van der Waals surface area contributed by atoms with Crippen LogP contribution in [0.3, 0.4) is 0 Å². The van der Waals surface area contributed by atoms with E-state index < -0.39 is 79.3 Å². The van der Waals surface area contributed by atoms with Gasteiger partial charge in [-0.05, 0) is 80.1 Å². The fraction of sp³-hybridized carbons (Fsp3) is 0.833. The lowest BCUT2D eigenvalue weighted by molar-refractivity contribution is -0.309. The zero-order valence-corrected chi connectivity index (χ0v) is 30.8. The summed E-state index contributed by atoms with van der Waals surface area (Å²) in [5.74, 6) is -1.35. The van der Waals surface area contributed by atoms with E-state index in [4.69, 9.17) is 28.4 Å². The van der Waals surface area contributed by atoms with E-state index in [0.717, 1.165) is 19.1 Å². The standard InChI is InChI=1S/C36H62N2O11/c1-21-19-25(17-18-39)34(49-36-33(43)31(38(7)8)32(42)24(4)47-36)35(44-9)27(40)20-29(41)45-22(2)13-11-10-12-14-28(21)48-30-16-15-26(37(5)6)23(3)46-30/h10-12,14,18,21-28,30-36,40,42-43H,13,15-17,19-20H2,1-9H3/b11-10+,14-12-/t21-,22-,23-,24-,25-,26+,27-,28+,30+,31+,32-,33-,34+,35+,36+/m1/s1. The molecule has 15 atom stereocenters. The lowest BCUT2D eigenvalue weighted by Gasteiger charge is -2.46. The average molecular weight is 699 g/mol. The van der Waals surface area contributed by atoms with E-state index in [1.54, 1.807) is 32.8 Å². The monoisotopic (exact) mass is 698 g/mol. The molecule has 0 unspecified atom stereocenters. The van der Waals surface area contributed by atoms with Gasteiger partial charge in [-0.25, -0.2) is 0 Å². The molecular formula is C36H62N2O11. The molecule has 0 bridgehead atoms. The van der Waals surface area contributed by atoms with E-state index in [2.05, 4.69) is 11.8 Å². The van der Waals surface area contributed by atoms with E-state index in [-0.39, 0.29) is 30.9 Å². The second-order valence-corrected chi connectivity index (χ2v) is 14.4. The number of aldehydes is 1. The molecule has 2 saturated heterocycles. The highest BCUT2D eigenvalue weighted by Crippen LogP contribution is 2.34. The molecule has 2 fully saturated rings. The van der Waals surface area contributed by atoms with Gasteiger partial charge in [0.05, 0.1) is 49.1 Å². The third-order valence-corrected chi connectivity index (χ3v) is 10.1. The number of aliphatic hydroxyl groups is 3. The Kier molecular flexibility index (Phi) is 16.8. The topological polar surface area (TPSA) is 157 Å². The maximum Gasteiger partial charge on any atom is 0.308 e. The van der Waals surface area contributed by atoms with Crippen molar-refractivity contribution in [2.24, 2.45) is 11.8 Å². The first-order chi connectivity index (χ1) is 23.2. The summed E-state index contributed by atoms with van der Waals surface area (Å²) in [4.78, 5) is 29.0. The van der Waals surface area contributed by atoms with Gasteiger partial charge in [-0.3, -0.25) is 4.79 Å². The highest BCUT2D eigenvalue weighted by Gasteiger charge is 2.48. The van der Waals surface area contributed by atoms with Crippen LogP contribution in [0.1, 0.15) is 66.2 Å². The number of likely N-dealkylation sites (N-methyl/N-ethyl adjacent to an activating group) is 2. The number of nitrogens with zero attached hydrogens (tertiary/aromatic N) is 2. The Balaban J connectivity index is 2.00. The van der Waals surface area contributed by atoms with Crippen molar-refractivity contribution in [3.8, 4) is 0 Å². The first-order valence-electron chi connectivity index (χ1n) is 17.7. The predicted molar refractivity (Wildman–Crippen MR) is 182 cm³/mol. The van der Waals surface area contributed by atoms with Gasteiger partial charge in [-0.1, -0.05) is 31.2 Å². The molecule has 13 nitrogen and oxygen atoms in total. The summed E-state index contributed by atoms with van der Waals surface area (Å²) in [7, 11) is 8.97. The van der Waals surface area contributed by atoms with Crippen LogP contribution in [-0.4, -0.2) is 152 Å². The first kappa shape index (κ1) is 41.6. The van der Waals surface area contributed by atoms with Crippen molar-refractivity contribution in [1.82, 2.24) is 9.80 Å². The number of hydrogen-bond acceptors (Lipinski definition) is 13. The summed E-state index contributed by atoms with van der Waals surface area (Å²) >= 11 is 0. The summed E-state index contributed by atoms with van der Waals surface area (Å²) in [6.07, 6.45) is 1.58. The van der Waals surface area contributed by atoms with Crippen LogP contribution in [0.4, 0.5) is 0 Å². The molecule has 3 N–H and O–H groups in total. The van der Waals surface area contributed by atoms with Crippen LogP contribution in [0.2, 0.25) is 0 Å². The summed E-state index contributed by atoms with van der Waals surface area (Å²) in [5, 5.41) is 33.6. The maximum absolute atomic E-state index is 12.9. The largest absolute Gasteiger partial charge is 0.462 e. The van der Waals surface area contributed by atoms with Crippen molar-refractivity contribution in [2.45, 2.75) is 146 Å². The molecule has 0 amide bonds. The number of allylic oxidation sites excluding steroid dienone is 2. The van der Waals surface area contributed by atoms with Crippen LogP contribution in [0.5, 0.6) is 0 Å². The zero-order chi connectivity index (χ0) is 36.4. The molecule has 0 spiro atoms. The number of esters is 1. The molecule has 0 aromatic carbocycles. The molecule has 3 rings (SSSR count). The van der Waals surface area contributed by atoms with Gasteiger partial charge in [-0.15, -0.1) is 0 Å². The van der Waals surface area contributed by atoms with Crippen LogP contribution < -0.4 is 0 Å². The molecule has 282 valence electrons. The van der Waals surface area contributed by atoms with Crippen molar-refractivity contribution in [2.75, 3.05) is 35.3 Å². The van der Waals surface area contributed by atoms with Crippen molar-refractivity contribution in [1.29, 1.82) is 0 Å². The SMILES string of the molecule is CO[C@@H]1[C@@H](O[C@@H]2O[C@H](C)[C@@H](O)[C@H](N(C)C)[C@H]2O)[C@H](CC=O)C[C@@H](C)[C@@H](O[C@H]2CC[C@H](N(C)C)[C@@H](C)O2)/C=C\C=C\C[C@@H](C)OC(=O)C[C@H]1O. The lowest BCUT2D eigenvalue weighted by atomic mass is 9.82. The highest BCUT2D eigenvalue weighted by molar-refractivity contribution is 5.70. The molecular weight excluding hydrogens is 636 g/mol. The minimum atomic E-state index is -1.37. The molecule has 13 heteroatoms. The Labute approximate surface area is 292 Å². The minimum absolute atomic E-state index is 0.0262. The number of cyclic esters (lactones) is 1. The third kappa shape index (κ3) is 11.6. The van der Waals surface area contributed by atoms with Crippen LogP contribution in [0.25, 0.3) is 0 Å². The number of carbonyl (C=O) groups excluding carboxylic acids is 2. The maximum atomic E-state index is 12.9. The average Bonchev–Trinajstić information content (AvgIpc) is 3.01. The molecule has 3 heterocycles. The minimum Gasteiger partial charge on any atom is -0.462 e. The third-order valence-electron chi connectivity index (χ3n) is 10.1. The van der Waals surface area contributed by atoms with Gasteiger partial charge in [0.1, 0.15) is 24.6 Å². The van der Waals surface area contributed by atoms with E-state index in [1.807, 2.05) is 45.3 Å². The van der Waals surface area contributed by atoms with Gasteiger partial charge in [0, 0.05) is 26.0 Å². The van der Waals surface area contributed by atoms with E-state index in [0.29, 0.717) is 12.8 Å². The molecule has 0 aliphatic carbocycles.